The number of rotatable bonds is 46. The Morgan fingerprint density at radius 3 is 1.46 bits per heavy atom. The second-order valence-corrected chi connectivity index (χ2v) is 17.0. The van der Waals surface area contributed by atoms with Gasteiger partial charge in [0, 0.05) is 65.2 Å². The van der Waals surface area contributed by atoms with E-state index < -0.39 is 24.0 Å². The minimum atomic E-state index is -0.732. The lowest BCUT2D eigenvalue weighted by Crippen LogP contribution is -2.47. The highest BCUT2D eigenvalue weighted by atomic mass is 16.5. The number of nitrogens with zero attached hydrogens (tertiary/aromatic N) is 1. The summed E-state index contributed by atoms with van der Waals surface area (Å²) in [4.78, 5) is 75.6. The molecule has 0 bridgehead atoms. The largest absolute Gasteiger partial charge is 0.466 e. The molecule has 0 radical (unpaired) electrons. The molecule has 2 atom stereocenters. The maximum absolute atomic E-state index is 12.5. The van der Waals surface area contributed by atoms with Crippen molar-refractivity contribution in [3.05, 3.63) is 12.2 Å². The average Bonchev–Trinajstić information content (AvgIpc) is 3.31. The van der Waals surface area contributed by atoms with Crippen LogP contribution in [0.25, 0.3) is 0 Å². The molecule has 0 aromatic carbocycles. The van der Waals surface area contributed by atoms with E-state index in [0.29, 0.717) is 77.8 Å². The Labute approximate surface area is 411 Å². The molecule has 0 spiro atoms. The monoisotopic (exact) mass is 982 g/mol. The van der Waals surface area contributed by atoms with Crippen molar-refractivity contribution in [2.75, 3.05) is 85.3 Å². The standard InChI is InChI=1S/C47H91N13O9/c1-2-3-4-5-6-7-8-9-10-11-12-13-14-15-16-22-41(62)67-34-19-35-68-42(63)23-24-43(64)69-36-30-55-40(61)37-54-27-31-60(32-28-56-44(65)38(48)20-17-25-58-46(50)51)33-29-57-45(66)39(49)21-18-26-59-47(52)53/h9-10,38-39,54H,2-8,11-37,48-49H2,1H3,(H,55,61)(H,56,65)(H,57,66)(H4,50,51,58)(H4,52,53,59)/b10-9-. The third-order valence-corrected chi connectivity index (χ3v) is 10.7. The van der Waals surface area contributed by atoms with Gasteiger partial charge in [-0.2, -0.15) is 0 Å². The van der Waals surface area contributed by atoms with E-state index in [2.05, 4.69) is 51.0 Å². The quantitative estimate of drug-likeness (QED) is 0.0102. The number of esters is 3. The van der Waals surface area contributed by atoms with E-state index in [4.69, 9.17) is 48.0 Å². The van der Waals surface area contributed by atoms with Crippen LogP contribution in [-0.2, 0) is 43.0 Å². The molecule has 16 N–H and O–H groups in total. The average molecular weight is 982 g/mol. The molecular formula is C47H91N13O9. The first kappa shape index (κ1) is 63.9. The molecule has 0 saturated carbocycles. The number of hydrogen-bond donors (Lipinski definition) is 12. The summed E-state index contributed by atoms with van der Waals surface area (Å²) in [6.45, 7) is 5.59. The predicted octanol–water partition coefficient (Wildman–Crippen LogP) is 1.25. The second-order valence-electron chi connectivity index (χ2n) is 17.0. The van der Waals surface area contributed by atoms with Gasteiger partial charge in [0.25, 0.3) is 0 Å². The van der Waals surface area contributed by atoms with Crippen LogP contribution in [0.4, 0.5) is 0 Å². The van der Waals surface area contributed by atoms with Gasteiger partial charge in [0.2, 0.25) is 17.7 Å². The normalized spacial score (nSPS) is 11.9. The van der Waals surface area contributed by atoms with Gasteiger partial charge in [0.05, 0.1) is 51.2 Å². The zero-order chi connectivity index (χ0) is 51.2. The van der Waals surface area contributed by atoms with Gasteiger partial charge < -0.3 is 69.0 Å². The molecule has 3 amide bonds. The van der Waals surface area contributed by atoms with Crippen LogP contribution in [0.2, 0.25) is 0 Å². The lowest BCUT2D eigenvalue weighted by Gasteiger charge is -2.24. The number of hydrogen-bond acceptors (Lipinski definition) is 15. The Morgan fingerprint density at radius 1 is 0.507 bits per heavy atom. The number of carbonyl (C=O) groups excluding carboxylic acids is 6. The summed E-state index contributed by atoms with van der Waals surface area (Å²) in [5.41, 5.74) is 22.6. The maximum Gasteiger partial charge on any atom is 0.306 e. The van der Waals surface area contributed by atoms with Crippen LogP contribution >= 0.6 is 0 Å². The third-order valence-electron chi connectivity index (χ3n) is 10.7. The molecule has 2 unspecified atom stereocenters. The number of amides is 3. The Bertz CT molecular complexity index is 1410. The highest BCUT2D eigenvalue weighted by Crippen LogP contribution is 2.10. The van der Waals surface area contributed by atoms with Crippen LogP contribution in [-0.4, -0.2) is 150 Å². The molecule has 69 heavy (non-hydrogen) atoms. The van der Waals surface area contributed by atoms with Crippen molar-refractivity contribution in [2.24, 2.45) is 22.9 Å². The van der Waals surface area contributed by atoms with E-state index >= 15 is 0 Å². The molecule has 0 aromatic rings. The molecule has 398 valence electrons. The zero-order valence-corrected chi connectivity index (χ0v) is 41.8. The summed E-state index contributed by atoms with van der Waals surface area (Å²) in [5.74, 6) is -2.69. The number of ether oxygens (including phenoxy) is 3. The van der Waals surface area contributed by atoms with Crippen molar-refractivity contribution < 1.29 is 43.0 Å². The van der Waals surface area contributed by atoms with Gasteiger partial charge in [-0.25, -0.2) is 0 Å². The first-order valence-corrected chi connectivity index (χ1v) is 25.3. The van der Waals surface area contributed by atoms with Crippen molar-refractivity contribution in [3.8, 4) is 0 Å². The van der Waals surface area contributed by atoms with Crippen molar-refractivity contribution in [1.29, 1.82) is 10.8 Å². The molecular weight excluding hydrogens is 891 g/mol. The number of guanidine groups is 2. The van der Waals surface area contributed by atoms with Crippen LogP contribution < -0.4 is 54.8 Å². The second kappa shape index (κ2) is 45.4. The Hall–Kier alpha value is -5.06. The fourth-order valence-electron chi connectivity index (χ4n) is 6.67. The van der Waals surface area contributed by atoms with Gasteiger partial charge in [-0.1, -0.05) is 70.4 Å². The summed E-state index contributed by atoms with van der Waals surface area (Å²) in [7, 11) is 0. The number of carbonyl (C=O) groups is 6. The fraction of sp³-hybridized carbons (Fsp3) is 0.787. The summed E-state index contributed by atoms with van der Waals surface area (Å²) in [5, 5.41) is 31.1. The van der Waals surface area contributed by atoms with Crippen LogP contribution in [0, 0.1) is 10.8 Å². The Balaban J connectivity index is 4.21. The van der Waals surface area contributed by atoms with E-state index in [1.54, 1.807) is 0 Å². The molecule has 0 aliphatic heterocycles. The van der Waals surface area contributed by atoms with Gasteiger partial charge in [-0.15, -0.1) is 0 Å². The van der Waals surface area contributed by atoms with E-state index in [0.717, 1.165) is 32.1 Å². The van der Waals surface area contributed by atoms with Gasteiger partial charge in [-0.3, -0.25) is 44.5 Å². The van der Waals surface area contributed by atoms with Gasteiger partial charge in [-0.05, 0) is 57.8 Å². The highest BCUT2D eigenvalue weighted by molar-refractivity contribution is 5.82. The fourth-order valence-corrected chi connectivity index (χ4v) is 6.67. The van der Waals surface area contributed by atoms with Crippen LogP contribution in [0.15, 0.2) is 12.2 Å². The number of unbranched alkanes of at least 4 members (excludes halogenated alkanes) is 11. The van der Waals surface area contributed by atoms with Gasteiger partial charge >= 0.3 is 17.9 Å². The summed E-state index contributed by atoms with van der Waals surface area (Å²) < 4.78 is 15.5. The predicted molar refractivity (Wildman–Crippen MR) is 269 cm³/mol. The summed E-state index contributed by atoms with van der Waals surface area (Å²) in [6.07, 6.45) is 22.4. The molecule has 0 heterocycles. The Kier molecular flexibility index (Phi) is 42.1. The van der Waals surface area contributed by atoms with Crippen molar-refractivity contribution in [1.82, 2.24) is 36.8 Å². The van der Waals surface area contributed by atoms with E-state index in [-0.39, 0.29) is 94.5 Å². The molecule has 0 aliphatic carbocycles. The smallest absolute Gasteiger partial charge is 0.306 e. The molecule has 22 nitrogen and oxygen atoms in total. The van der Waals surface area contributed by atoms with E-state index in [1.165, 1.54) is 51.4 Å². The van der Waals surface area contributed by atoms with Crippen LogP contribution in [0.3, 0.4) is 0 Å². The van der Waals surface area contributed by atoms with Gasteiger partial charge in [0.1, 0.15) is 6.61 Å². The van der Waals surface area contributed by atoms with E-state index in [9.17, 15) is 28.8 Å². The lowest BCUT2D eigenvalue weighted by atomic mass is 10.1. The van der Waals surface area contributed by atoms with Crippen molar-refractivity contribution in [2.45, 2.75) is 154 Å². The lowest BCUT2D eigenvalue weighted by molar-refractivity contribution is -0.151. The molecule has 22 heteroatoms. The molecule has 0 fully saturated rings. The van der Waals surface area contributed by atoms with Crippen LogP contribution in [0.1, 0.15) is 142 Å². The molecule has 0 saturated heterocycles. The SMILES string of the molecule is CCCCCCCC/C=C\CCCCCCCC(=O)OCCCOC(=O)CCC(=O)OCCNC(=O)CNCCN(CCNC(=O)C(N)CCCNC(=N)N)CCNC(=O)C(N)CCCNC(=N)N. The summed E-state index contributed by atoms with van der Waals surface area (Å²) in [6, 6.07) is -1.46. The number of allylic oxidation sites excluding steroid dienone is 2. The topological polar surface area (TPSA) is 357 Å². The third kappa shape index (κ3) is 43.9. The highest BCUT2D eigenvalue weighted by Gasteiger charge is 2.16. The Morgan fingerprint density at radius 2 is 0.957 bits per heavy atom. The minimum Gasteiger partial charge on any atom is -0.466 e. The van der Waals surface area contributed by atoms with E-state index in [1.807, 2.05) is 4.90 Å². The number of nitrogens with one attached hydrogen (secondary N) is 8. The maximum atomic E-state index is 12.5. The first-order valence-electron chi connectivity index (χ1n) is 25.3. The molecule has 0 rings (SSSR count). The molecule has 0 aliphatic rings. The minimum absolute atomic E-state index is 0.0150. The van der Waals surface area contributed by atoms with Crippen molar-refractivity contribution >= 4 is 47.5 Å². The van der Waals surface area contributed by atoms with Crippen molar-refractivity contribution in [3.63, 3.8) is 0 Å². The summed E-state index contributed by atoms with van der Waals surface area (Å²) >= 11 is 0. The zero-order valence-electron chi connectivity index (χ0n) is 41.8. The number of nitrogens with two attached hydrogens (primary N) is 4. The first-order chi connectivity index (χ1) is 33.2. The molecule has 0 aromatic heterocycles. The van der Waals surface area contributed by atoms with Gasteiger partial charge in [0.15, 0.2) is 11.9 Å². The van der Waals surface area contributed by atoms with Crippen LogP contribution in [0.5, 0.6) is 0 Å².